The maximum Gasteiger partial charge on any atom is 0.125 e. The number of aromatic nitrogens is 2. The minimum Gasteiger partial charge on any atom is -0.238 e. The zero-order valence-corrected chi connectivity index (χ0v) is 68.9. The molecule has 0 spiro atoms. The third-order valence-electron chi connectivity index (χ3n) is 19.0. The molecule has 1 aromatic heterocycles. The fraction of sp³-hybridized carbons (Fsp3) is 0.582. The lowest BCUT2D eigenvalue weighted by Gasteiger charge is -2.35. The molecule has 0 bridgehead atoms. The fourth-order valence-corrected chi connectivity index (χ4v) is 15.5. The molecule has 518 valence electrons. The molecule has 0 aliphatic heterocycles. The summed E-state index contributed by atoms with van der Waals surface area (Å²) in [7, 11) is 0. The lowest BCUT2D eigenvalue weighted by atomic mass is 9.70. The van der Waals surface area contributed by atoms with Gasteiger partial charge in [0.15, 0.2) is 0 Å². The van der Waals surface area contributed by atoms with Crippen molar-refractivity contribution in [3.63, 3.8) is 0 Å². The van der Waals surface area contributed by atoms with Gasteiger partial charge in [0.05, 0.1) is 0 Å². The summed E-state index contributed by atoms with van der Waals surface area (Å²) in [6.45, 7) is 104. The average Bonchev–Trinajstić information content (AvgIpc) is 1.05. The lowest BCUT2D eigenvalue weighted by Crippen LogP contribution is -2.21. The van der Waals surface area contributed by atoms with E-state index in [2.05, 4.69) is 343 Å². The standard InChI is InChI=1S/C14H24.C14H22.4C13H20.C11H18N2/c2*1-9-8-10(2)13(14(5,6)7)12(4)11(9)3;2*1-9-7-11(3)12(8-10(9)2)13(4,5)6;2*1-9-7-10(2)12(11(3)8-9)13(4,5)6;1-7-10(11(4,5)6)8(2)13-9(3)12-7/h10H,8H2,1-7H3;2,8H2,1,3-7H3;7-8H,1-6H3;8H,3,7H2,1-2,4-6H3;7-8H,1-6H3;8H,2,7H2,1,3-6H3;1-6H3. The SMILES string of the molecule is C=C1CC(C)=C(C)C(C)=C1C(C)(C)C.C=C1CC(C)=C(C)C=C1C(C)(C)C.C=C1CC(C)=CC(C)=C1C(C)(C)C.CC1=C(C)C(C)=C(C(C)(C)C)C(C)C1.Cc1cc(C)c(C(C)(C)C)c(C)c1.Cc1cc(C)c(C(C)(C)C)cc1C.Cc1nc(C)c(C(C)(C)C)c(C)n1. The van der Waals surface area contributed by atoms with Crippen LogP contribution < -0.4 is 0 Å². The third kappa shape index (κ3) is 25.3. The first-order chi connectivity index (χ1) is 41.6. The van der Waals surface area contributed by atoms with Gasteiger partial charge in [-0.3, -0.25) is 0 Å². The summed E-state index contributed by atoms with van der Waals surface area (Å²) >= 11 is 0. The molecule has 2 aromatic carbocycles. The maximum atomic E-state index is 4.39. The normalized spacial score (nSPS) is 17.0. The molecular weight excluding hydrogens is 1120 g/mol. The Morgan fingerprint density at radius 2 is 0.774 bits per heavy atom. The van der Waals surface area contributed by atoms with Gasteiger partial charge in [-0.05, 0) is 307 Å². The molecule has 7 rings (SSSR count). The molecule has 2 nitrogen and oxygen atoms in total. The highest BCUT2D eigenvalue weighted by Crippen LogP contribution is 2.45. The van der Waals surface area contributed by atoms with E-state index >= 15 is 0 Å². The highest BCUT2D eigenvalue weighted by atomic mass is 14.9. The van der Waals surface area contributed by atoms with Crippen LogP contribution in [-0.2, 0) is 16.2 Å². The van der Waals surface area contributed by atoms with Crippen LogP contribution in [-0.4, -0.2) is 9.97 Å². The quantitative estimate of drug-likeness (QED) is 0.224. The molecular formula is C91H144N2. The summed E-state index contributed by atoms with van der Waals surface area (Å²) < 4.78 is 0. The Morgan fingerprint density at radius 3 is 1.17 bits per heavy atom. The van der Waals surface area contributed by atoms with Gasteiger partial charge in [-0.1, -0.05) is 247 Å². The molecule has 0 saturated carbocycles. The average molecular weight is 1270 g/mol. The largest absolute Gasteiger partial charge is 0.238 e. The highest BCUT2D eigenvalue weighted by molar-refractivity contribution is 5.53. The molecule has 1 unspecified atom stereocenters. The van der Waals surface area contributed by atoms with Crippen LogP contribution in [0.15, 0.2) is 151 Å². The molecule has 0 radical (unpaired) electrons. The van der Waals surface area contributed by atoms with Gasteiger partial charge in [0, 0.05) is 11.4 Å². The van der Waals surface area contributed by atoms with Crippen LogP contribution in [0.2, 0.25) is 0 Å². The van der Waals surface area contributed by atoms with Crippen molar-refractivity contribution >= 4 is 0 Å². The van der Waals surface area contributed by atoms with Gasteiger partial charge in [-0.2, -0.15) is 0 Å². The number of allylic oxidation sites excluding steroid dienone is 19. The first-order valence-corrected chi connectivity index (χ1v) is 35.2. The second-order valence-electron chi connectivity index (χ2n) is 36.0. The maximum absolute atomic E-state index is 4.39. The molecule has 3 aromatic rings. The van der Waals surface area contributed by atoms with Crippen molar-refractivity contribution in [3.05, 3.63) is 218 Å². The fourth-order valence-electron chi connectivity index (χ4n) is 15.5. The number of aryl methyl sites for hydroxylation is 9. The van der Waals surface area contributed by atoms with E-state index in [1.54, 1.807) is 11.1 Å². The van der Waals surface area contributed by atoms with Crippen LogP contribution in [0.5, 0.6) is 0 Å². The van der Waals surface area contributed by atoms with Crippen LogP contribution >= 0.6 is 0 Å². The Balaban J connectivity index is 0.000000543. The Bertz CT molecular complexity index is 3350. The number of rotatable bonds is 0. The van der Waals surface area contributed by atoms with Gasteiger partial charge >= 0.3 is 0 Å². The zero-order chi connectivity index (χ0) is 73.3. The number of hydrogen-bond donors (Lipinski definition) is 0. The molecule has 0 N–H and O–H groups in total. The van der Waals surface area contributed by atoms with Gasteiger partial charge in [0.25, 0.3) is 0 Å². The highest BCUT2D eigenvalue weighted by Gasteiger charge is 2.30. The van der Waals surface area contributed by atoms with Crippen LogP contribution in [0, 0.1) is 89.9 Å². The van der Waals surface area contributed by atoms with Crippen LogP contribution in [0.25, 0.3) is 0 Å². The summed E-state index contributed by atoms with van der Waals surface area (Å²) in [5.41, 5.74) is 41.1. The van der Waals surface area contributed by atoms with E-state index in [0.717, 1.165) is 42.4 Å². The van der Waals surface area contributed by atoms with E-state index in [-0.39, 0.29) is 32.5 Å². The van der Waals surface area contributed by atoms with Gasteiger partial charge in [-0.15, -0.1) is 0 Å². The molecule has 1 heterocycles. The lowest BCUT2D eigenvalue weighted by molar-refractivity contribution is 0.421. The van der Waals surface area contributed by atoms with Crippen LogP contribution in [0.4, 0.5) is 0 Å². The van der Waals surface area contributed by atoms with E-state index in [1.807, 2.05) is 6.92 Å². The smallest absolute Gasteiger partial charge is 0.125 e. The molecule has 0 amide bonds. The Labute approximate surface area is 578 Å². The van der Waals surface area contributed by atoms with Gasteiger partial charge < -0.3 is 0 Å². The summed E-state index contributed by atoms with van der Waals surface area (Å²) in [4.78, 5) is 8.78. The van der Waals surface area contributed by atoms with Crippen molar-refractivity contribution in [1.82, 2.24) is 9.97 Å². The topological polar surface area (TPSA) is 25.8 Å². The zero-order valence-electron chi connectivity index (χ0n) is 68.9. The van der Waals surface area contributed by atoms with E-state index in [1.165, 1.54) is 140 Å². The van der Waals surface area contributed by atoms with E-state index in [9.17, 15) is 0 Å². The molecule has 0 fully saturated rings. The molecule has 1 atom stereocenters. The van der Waals surface area contributed by atoms with Crippen molar-refractivity contribution in [1.29, 1.82) is 0 Å². The Kier molecular flexibility index (Phi) is 30.5. The minimum absolute atomic E-state index is 0.141. The number of benzene rings is 2. The molecule has 4 aliphatic carbocycles. The minimum atomic E-state index is 0.141. The van der Waals surface area contributed by atoms with Crippen molar-refractivity contribution in [3.8, 4) is 0 Å². The second kappa shape index (κ2) is 33.1. The Morgan fingerprint density at radius 1 is 0.355 bits per heavy atom. The number of nitrogens with zero attached hydrogens (tertiary/aromatic N) is 2. The van der Waals surface area contributed by atoms with Gasteiger partial charge in [0.1, 0.15) is 5.82 Å². The summed E-state index contributed by atoms with van der Waals surface area (Å²) in [6.07, 6.45) is 8.97. The first kappa shape index (κ1) is 85.7. The molecule has 2 heteroatoms. The third-order valence-corrected chi connectivity index (χ3v) is 19.0. The van der Waals surface area contributed by atoms with Crippen molar-refractivity contribution < 1.29 is 0 Å². The second-order valence-corrected chi connectivity index (χ2v) is 36.0. The van der Waals surface area contributed by atoms with Gasteiger partial charge in [-0.25, -0.2) is 9.97 Å². The van der Waals surface area contributed by atoms with Crippen LogP contribution in [0.3, 0.4) is 0 Å². The van der Waals surface area contributed by atoms with Crippen LogP contribution in [0.1, 0.15) is 315 Å². The van der Waals surface area contributed by atoms with Gasteiger partial charge in [0.2, 0.25) is 0 Å². The van der Waals surface area contributed by atoms with Crippen molar-refractivity contribution in [2.75, 3.05) is 0 Å². The predicted molar refractivity (Wildman–Crippen MR) is 422 cm³/mol. The monoisotopic (exact) mass is 1270 g/mol. The molecule has 4 aliphatic rings. The molecule has 0 saturated heterocycles. The van der Waals surface area contributed by atoms with E-state index in [0.29, 0.717) is 5.41 Å². The van der Waals surface area contributed by atoms with E-state index < -0.39 is 0 Å². The first-order valence-electron chi connectivity index (χ1n) is 35.2. The van der Waals surface area contributed by atoms with Crippen molar-refractivity contribution in [2.24, 2.45) is 27.6 Å². The number of hydrogen-bond acceptors (Lipinski definition) is 2. The predicted octanol–water partition coefficient (Wildman–Crippen LogP) is 28.4. The Hall–Kier alpha value is -5.34. The van der Waals surface area contributed by atoms with Crippen molar-refractivity contribution in [2.45, 2.75) is 326 Å². The molecule has 93 heavy (non-hydrogen) atoms. The summed E-state index contributed by atoms with van der Waals surface area (Å²) in [6, 6.07) is 9.15. The van der Waals surface area contributed by atoms with E-state index in [4.69, 9.17) is 0 Å². The summed E-state index contributed by atoms with van der Waals surface area (Å²) in [5.74, 6) is 1.58. The summed E-state index contributed by atoms with van der Waals surface area (Å²) in [5, 5.41) is 0.